The average molecular weight is 561 g/mol. The lowest BCUT2D eigenvalue weighted by molar-refractivity contribution is -0.144. The first-order chi connectivity index (χ1) is 18.9. The van der Waals surface area contributed by atoms with Crippen molar-refractivity contribution >= 4 is 29.0 Å². The van der Waals surface area contributed by atoms with E-state index in [9.17, 15) is 19.5 Å². The normalized spacial score (nSPS) is 17.8. The molecule has 0 spiro atoms. The molecule has 0 aliphatic carbocycles. The SMILES string of the molecule is COCCCCn1c(C(=O)N(CC(C)C)[C@H]2C[C@@H](C(=O)O)CN(C(=O)OC(C)(C)C)C2)nc2c(OC)cccc21. The number of nitrogens with zero attached hydrogens (tertiary/aromatic N) is 4. The second kappa shape index (κ2) is 13.3. The third-order valence-corrected chi connectivity index (χ3v) is 6.83. The fraction of sp³-hybridized carbons (Fsp3) is 0.655. The molecule has 1 fully saturated rings. The molecular formula is C29H44N4O7. The van der Waals surface area contributed by atoms with Crippen molar-refractivity contribution < 1.29 is 33.7 Å². The minimum Gasteiger partial charge on any atom is -0.494 e. The fourth-order valence-corrected chi connectivity index (χ4v) is 5.06. The molecule has 40 heavy (non-hydrogen) atoms. The summed E-state index contributed by atoms with van der Waals surface area (Å²) in [5.41, 5.74) is 0.641. The minimum atomic E-state index is -1.01. The number of aliphatic carboxylic acids is 1. The molecule has 2 amide bonds. The summed E-state index contributed by atoms with van der Waals surface area (Å²) >= 11 is 0. The smallest absolute Gasteiger partial charge is 0.410 e. The molecular weight excluding hydrogens is 516 g/mol. The summed E-state index contributed by atoms with van der Waals surface area (Å²) < 4.78 is 18.2. The summed E-state index contributed by atoms with van der Waals surface area (Å²) in [5.74, 6) is -1.22. The van der Waals surface area contributed by atoms with Crippen LogP contribution in [0.2, 0.25) is 0 Å². The van der Waals surface area contributed by atoms with Gasteiger partial charge in [-0.15, -0.1) is 0 Å². The maximum absolute atomic E-state index is 14.3. The van der Waals surface area contributed by atoms with Crippen LogP contribution in [-0.2, 0) is 20.8 Å². The lowest BCUT2D eigenvalue weighted by atomic mass is 9.92. The van der Waals surface area contributed by atoms with Gasteiger partial charge in [-0.3, -0.25) is 9.59 Å². The lowest BCUT2D eigenvalue weighted by Crippen LogP contribution is -2.57. The molecule has 0 saturated carbocycles. The average Bonchev–Trinajstić information content (AvgIpc) is 3.26. The van der Waals surface area contributed by atoms with E-state index in [0.29, 0.717) is 31.0 Å². The molecule has 0 radical (unpaired) electrons. The number of imidazole rings is 1. The molecule has 1 aliphatic rings. The summed E-state index contributed by atoms with van der Waals surface area (Å²) in [4.78, 5) is 47.3. The van der Waals surface area contributed by atoms with Gasteiger partial charge in [-0.25, -0.2) is 9.78 Å². The van der Waals surface area contributed by atoms with E-state index in [-0.39, 0.29) is 37.2 Å². The Labute approximate surface area is 236 Å². The van der Waals surface area contributed by atoms with Gasteiger partial charge >= 0.3 is 12.1 Å². The number of methoxy groups -OCH3 is 2. The highest BCUT2D eigenvalue weighted by atomic mass is 16.6. The Bertz CT molecular complexity index is 1190. The lowest BCUT2D eigenvalue weighted by Gasteiger charge is -2.42. The van der Waals surface area contributed by atoms with Crippen molar-refractivity contribution in [3.05, 3.63) is 24.0 Å². The van der Waals surface area contributed by atoms with E-state index in [2.05, 4.69) is 0 Å². The summed E-state index contributed by atoms with van der Waals surface area (Å²) in [5, 5.41) is 9.92. The number of unbranched alkanes of at least 4 members (excludes halogenated alkanes) is 1. The molecule has 2 atom stereocenters. The molecule has 3 rings (SSSR count). The number of carboxylic acid groups (broad SMARTS) is 1. The molecule has 2 heterocycles. The van der Waals surface area contributed by atoms with Crippen LogP contribution in [0.3, 0.4) is 0 Å². The molecule has 0 unspecified atom stereocenters. The van der Waals surface area contributed by atoms with Crippen LogP contribution in [0.15, 0.2) is 18.2 Å². The van der Waals surface area contributed by atoms with Gasteiger partial charge in [-0.2, -0.15) is 0 Å². The molecule has 1 aromatic carbocycles. The predicted molar refractivity (Wildman–Crippen MR) is 151 cm³/mol. The van der Waals surface area contributed by atoms with Crippen molar-refractivity contribution in [2.24, 2.45) is 11.8 Å². The maximum atomic E-state index is 14.3. The molecule has 1 aromatic heterocycles. The fourth-order valence-electron chi connectivity index (χ4n) is 5.06. The van der Waals surface area contributed by atoms with E-state index in [0.717, 1.165) is 18.4 Å². The van der Waals surface area contributed by atoms with Crippen molar-refractivity contribution in [3.63, 3.8) is 0 Å². The number of carbonyl (C=O) groups is 3. The highest BCUT2D eigenvalue weighted by molar-refractivity contribution is 5.96. The number of amides is 2. The van der Waals surface area contributed by atoms with E-state index in [1.165, 1.54) is 4.90 Å². The number of para-hydroxylation sites is 1. The van der Waals surface area contributed by atoms with Gasteiger partial charge in [0.05, 0.1) is 24.6 Å². The highest BCUT2D eigenvalue weighted by Gasteiger charge is 2.40. The minimum absolute atomic E-state index is 0.0274. The number of hydrogen-bond donors (Lipinski definition) is 1. The van der Waals surface area contributed by atoms with Crippen LogP contribution in [0, 0.1) is 11.8 Å². The topological polar surface area (TPSA) is 123 Å². The van der Waals surface area contributed by atoms with E-state index in [1.807, 2.05) is 36.6 Å². The Morgan fingerprint density at radius 2 is 1.88 bits per heavy atom. The molecule has 1 aliphatic heterocycles. The van der Waals surface area contributed by atoms with E-state index < -0.39 is 29.6 Å². The maximum Gasteiger partial charge on any atom is 0.410 e. The first kappa shape index (κ1) is 31.2. The Morgan fingerprint density at radius 1 is 1.15 bits per heavy atom. The van der Waals surface area contributed by atoms with E-state index >= 15 is 0 Å². The summed E-state index contributed by atoms with van der Waals surface area (Å²) in [7, 11) is 3.23. The Hall–Kier alpha value is -3.34. The molecule has 1 saturated heterocycles. The van der Waals surface area contributed by atoms with Gasteiger partial charge in [-0.05, 0) is 58.1 Å². The van der Waals surface area contributed by atoms with Crippen molar-refractivity contribution in [1.82, 2.24) is 19.4 Å². The molecule has 222 valence electrons. The molecule has 11 heteroatoms. The largest absolute Gasteiger partial charge is 0.494 e. The summed E-state index contributed by atoms with van der Waals surface area (Å²) in [6.07, 6.45) is 1.23. The van der Waals surface area contributed by atoms with Crippen molar-refractivity contribution in [3.8, 4) is 5.75 Å². The number of aryl methyl sites for hydroxylation is 1. The molecule has 2 aromatic rings. The summed E-state index contributed by atoms with van der Waals surface area (Å²) in [6, 6.07) is 5.06. The number of benzene rings is 1. The molecule has 11 nitrogen and oxygen atoms in total. The van der Waals surface area contributed by atoms with Gasteiger partial charge in [0, 0.05) is 39.9 Å². The van der Waals surface area contributed by atoms with Gasteiger partial charge in [0.2, 0.25) is 0 Å². The number of ether oxygens (including phenoxy) is 3. The zero-order valence-electron chi connectivity index (χ0n) is 24.8. The number of piperidine rings is 1. The first-order valence-electron chi connectivity index (χ1n) is 13.9. The third kappa shape index (κ3) is 7.65. The Balaban J connectivity index is 2.03. The summed E-state index contributed by atoms with van der Waals surface area (Å²) in [6.45, 7) is 11.0. The number of likely N-dealkylation sites (tertiary alicyclic amines) is 1. The van der Waals surface area contributed by atoms with Crippen molar-refractivity contribution in [2.75, 3.05) is 40.5 Å². The number of aromatic nitrogens is 2. The Kier molecular flexibility index (Phi) is 10.4. The second-order valence-electron chi connectivity index (χ2n) is 11.8. The van der Waals surface area contributed by atoms with Crippen LogP contribution >= 0.6 is 0 Å². The van der Waals surface area contributed by atoms with Crippen LogP contribution < -0.4 is 4.74 Å². The van der Waals surface area contributed by atoms with Gasteiger partial charge < -0.3 is 33.7 Å². The van der Waals surface area contributed by atoms with Gasteiger partial charge in [0.15, 0.2) is 5.82 Å². The van der Waals surface area contributed by atoms with Gasteiger partial charge in [0.1, 0.15) is 16.9 Å². The van der Waals surface area contributed by atoms with Crippen LogP contribution in [0.4, 0.5) is 4.79 Å². The zero-order chi connectivity index (χ0) is 29.6. The van der Waals surface area contributed by atoms with Crippen LogP contribution in [0.1, 0.15) is 64.5 Å². The standard InChI is InChI=1S/C29H44N4O7/c1-19(2)16-33(21-15-20(27(35)36)17-31(18-21)28(37)40-29(3,4)5)26(34)25-30-24-22(11-10-12-23(24)39-7)32(25)13-8-9-14-38-6/h10-12,19-21H,8-9,13-18H2,1-7H3,(H,35,36)/t20-,21+/m1/s1. The molecule has 1 N–H and O–H groups in total. The predicted octanol–water partition coefficient (Wildman–Crippen LogP) is 4.28. The number of carboxylic acids is 1. The van der Waals surface area contributed by atoms with Crippen LogP contribution in [-0.4, -0.2) is 94.5 Å². The van der Waals surface area contributed by atoms with E-state index in [4.69, 9.17) is 19.2 Å². The van der Waals surface area contributed by atoms with Crippen LogP contribution in [0.25, 0.3) is 11.0 Å². The quantitative estimate of drug-likeness (QED) is 0.404. The monoisotopic (exact) mass is 560 g/mol. The number of rotatable bonds is 11. The number of fused-ring (bicyclic) bond motifs is 1. The van der Waals surface area contributed by atoms with Crippen LogP contribution in [0.5, 0.6) is 5.75 Å². The first-order valence-corrected chi connectivity index (χ1v) is 13.9. The van der Waals surface area contributed by atoms with Gasteiger partial charge in [0.25, 0.3) is 5.91 Å². The third-order valence-electron chi connectivity index (χ3n) is 6.83. The highest BCUT2D eigenvalue weighted by Crippen LogP contribution is 2.29. The van der Waals surface area contributed by atoms with Crippen molar-refractivity contribution in [2.45, 2.75) is 72.1 Å². The number of hydrogen-bond acceptors (Lipinski definition) is 7. The van der Waals surface area contributed by atoms with E-state index in [1.54, 1.807) is 39.9 Å². The zero-order valence-corrected chi connectivity index (χ0v) is 24.8. The number of carbonyl (C=O) groups excluding carboxylic acids is 2. The second-order valence-corrected chi connectivity index (χ2v) is 11.8. The van der Waals surface area contributed by atoms with Gasteiger partial charge in [-0.1, -0.05) is 19.9 Å². The molecule has 0 bridgehead atoms. The van der Waals surface area contributed by atoms with Crippen molar-refractivity contribution in [1.29, 1.82) is 0 Å². The Morgan fingerprint density at radius 3 is 2.48 bits per heavy atom.